The average Bonchev–Trinajstić information content (AvgIpc) is 2.26. The van der Waals surface area contributed by atoms with E-state index in [1.54, 1.807) is 0 Å². The van der Waals surface area contributed by atoms with Crippen LogP contribution in [0.2, 0.25) is 0 Å². The Morgan fingerprint density at radius 1 is 1.55 bits per heavy atom. The van der Waals surface area contributed by atoms with Gasteiger partial charge in [0.1, 0.15) is 6.04 Å². The molecule has 0 aromatic rings. The maximum atomic E-state index is 10.8. The Morgan fingerprint density at radius 3 is 2.73 bits per heavy atom. The third-order valence-corrected chi connectivity index (χ3v) is 1.46. The Bertz CT molecular complexity index is 202. The molecule has 5 nitrogen and oxygen atoms in total. The molecule has 60 valence electrons. The molecule has 0 bridgehead atoms. The van der Waals surface area contributed by atoms with E-state index in [1.165, 1.54) is 6.21 Å². The number of imide groups is 1. The number of rotatable bonds is 3. The topological polar surface area (TPSA) is 82.1 Å². The summed E-state index contributed by atoms with van der Waals surface area (Å²) in [6, 6.07) is -0.880. The van der Waals surface area contributed by atoms with Gasteiger partial charge in [0.2, 0.25) is 0 Å². The normalized spacial score (nSPS) is 22.7. The zero-order chi connectivity index (χ0) is 8.27. The maximum Gasteiger partial charge on any atom is 0.322 e. The van der Waals surface area contributed by atoms with Crippen LogP contribution >= 0.6 is 0 Å². The molecular formula is C6H9N3O2. The minimum atomic E-state index is -0.441. The van der Waals surface area contributed by atoms with E-state index < -0.39 is 12.1 Å². The van der Waals surface area contributed by atoms with Gasteiger partial charge in [-0.2, -0.15) is 0 Å². The predicted molar refractivity (Wildman–Crippen MR) is 38.5 cm³/mol. The fraction of sp³-hybridized carbons (Fsp3) is 0.500. The quantitative estimate of drug-likeness (QED) is 0.383. The second-order valence-corrected chi connectivity index (χ2v) is 2.30. The van der Waals surface area contributed by atoms with Crippen LogP contribution in [0.4, 0.5) is 4.79 Å². The van der Waals surface area contributed by atoms with Gasteiger partial charge in [-0.3, -0.25) is 10.1 Å². The highest BCUT2D eigenvalue weighted by molar-refractivity contribution is 6.04. The first kappa shape index (κ1) is 7.71. The van der Waals surface area contributed by atoms with Crippen molar-refractivity contribution < 1.29 is 9.59 Å². The molecule has 1 rings (SSSR count). The first-order valence-electron chi connectivity index (χ1n) is 3.34. The zero-order valence-electron chi connectivity index (χ0n) is 5.89. The summed E-state index contributed by atoms with van der Waals surface area (Å²) in [6.07, 6.45) is 2.23. The van der Waals surface area contributed by atoms with Crippen LogP contribution in [-0.4, -0.2) is 24.2 Å². The second-order valence-electron chi connectivity index (χ2n) is 2.30. The molecule has 0 saturated carbocycles. The van der Waals surface area contributed by atoms with Gasteiger partial charge in [0.05, 0.1) is 0 Å². The van der Waals surface area contributed by atoms with E-state index in [9.17, 15) is 9.59 Å². The molecule has 0 aliphatic carbocycles. The summed E-state index contributed by atoms with van der Waals surface area (Å²) in [6.45, 7) is 0. The molecule has 1 saturated heterocycles. The Kier molecular flexibility index (Phi) is 2.20. The predicted octanol–water partition coefficient (Wildman–Crippen LogP) is -0.376. The SMILES string of the molecule is N=CCCC1NC(=O)NC1=O. The van der Waals surface area contributed by atoms with E-state index in [0.29, 0.717) is 12.8 Å². The molecule has 1 fully saturated rings. The van der Waals surface area contributed by atoms with E-state index in [1.807, 2.05) is 0 Å². The van der Waals surface area contributed by atoms with Crippen LogP contribution in [0, 0.1) is 5.41 Å². The minimum absolute atomic E-state index is 0.295. The van der Waals surface area contributed by atoms with Crippen molar-refractivity contribution in [3.63, 3.8) is 0 Å². The number of amides is 3. The van der Waals surface area contributed by atoms with Crippen LogP contribution in [0.3, 0.4) is 0 Å². The number of hydrogen-bond donors (Lipinski definition) is 3. The molecule has 1 aliphatic rings. The van der Waals surface area contributed by atoms with Crippen LogP contribution in [0.5, 0.6) is 0 Å². The van der Waals surface area contributed by atoms with Gasteiger partial charge >= 0.3 is 6.03 Å². The average molecular weight is 155 g/mol. The number of carbonyl (C=O) groups is 2. The molecule has 1 atom stereocenters. The smallest absolute Gasteiger partial charge is 0.322 e. The Balaban J connectivity index is 2.40. The number of nitrogens with one attached hydrogen (secondary N) is 3. The molecule has 5 heteroatoms. The van der Waals surface area contributed by atoms with Crippen LogP contribution in [0.1, 0.15) is 12.8 Å². The maximum absolute atomic E-state index is 10.8. The van der Waals surface area contributed by atoms with E-state index in [-0.39, 0.29) is 5.91 Å². The lowest BCUT2D eigenvalue weighted by molar-refractivity contribution is -0.120. The molecule has 3 N–H and O–H groups in total. The third kappa shape index (κ3) is 1.76. The molecule has 3 amide bonds. The van der Waals surface area contributed by atoms with Crippen molar-refractivity contribution in [2.45, 2.75) is 18.9 Å². The van der Waals surface area contributed by atoms with E-state index in [4.69, 9.17) is 5.41 Å². The Morgan fingerprint density at radius 2 is 2.27 bits per heavy atom. The van der Waals surface area contributed by atoms with Crippen molar-refractivity contribution in [1.29, 1.82) is 5.41 Å². The molecule has 1 heterocycles. The first-order chi connectivity index (χ1) is 5.24. The third-order valence-electron chi connectivity index (χ3n) is 1.46. The Hall–Kier alpha value is -1.39. The van der Waals surface area contributed by atoms with Crippen molar-refractivity contribution in [3.8, 4) is 0 Å². The highest BCUT2D eigenvalue weighted by Crippen LogP contribution is 2.00. The van der Waals surface area contributed by atoms with Gasteiger partial charge in [0, 0.05) is 0 Å². The van der Waals surface area contributed by atoms with Crippen LogP contribution in [0.15, 0.2) is 0 Å². The van der Waals surface area contributed by atoms with Gasteiger partial charge < -0.3 is 10.7 Å². The lowest BCUT2D eigenvalue weighted by Gasteiger charge is -2.02. The van der Waals surface area contributed by atoms with Gasteiger partial charge in [-0.25, -0.2) is 4.79 Å². The van der Waals surface area contributed by atoms with E-state index in [2.05, 4.69) is 10.6 Å². The van der Waals surface area contributed by atoms with Crippen molar-refractivity contribution in [3.05, 3.63) is 0 Å². The second kappa shape index (κ2) is 3.14. The minimum Gasteiger partial charge on any atom is -0.326 e. The molecule has 1 unspecified atom stereocenters. The van der Waals surface area contributed by atoms with E-state index >= 15 is 0 Å². The van der Waals surface area contributed by atoms with Gasteiger partial charge in [0.15, 0.2) is 0 Å². The summed E-state index contributed by atoms with van der Waals surface area (Å²) in [7, 11) is 0. The highest BCUT2D eigenvalue weighted by Gasteiger charge is 2.28. The zero-order valence-corrected chi connectivity index (χ0v) is 5.89. The summed E-state index contributed by atoms with van der Waals surface area (Å²) in [5.74, 6) is -0.295. The lowest BCUT2D eigenvalue weighted by Crippen LogP contribution is -2.28. The highest BCUT2D eigenvalue weighted by atomic mass is 16.2. The molecule has 1 aliphatic heterocycles. The first-order valence-corrected chi connectivity index (χ1v) is 3.34. The Labute approximate surface area is 63.7 Å². The largest absolute Gasteiger partial charge is 0.326 e. The van der Waals surface area contributed by atoms with E-state index in [0.717, 1.165) is 0 Å². The van der Waals surface area contributed by atoms with Gasteiger partial charge in [-0.1, -0.05) is 0 Å². The fourth-order valence-corrected chi connectivity index (χ4v) is 0.912. The van der Waals surface area contributed by atoms with Crippen LogP contribution < -0.4 is 10.6 Å². The fourth-order valence-electron chi connectivity index (χ4n) is 0.912. The number of urea groups is 1. The van der Waals surface area contributed by atoms with Gasteiger partial charge in [-0.05, 0) is 19.1 Å². The van der Waals surface area contributed by atoms with Gasteiger partial charge in [0.25, 0.3) is 5.91 Å². The van der Waals surface area contributed by atoms with Crippen LogP contribution in [-0.2, 0) is 4.79 Å². The van der Waals surface area contributed by atoms with Crippen LogP contribution in [0.25, 0.3) is 0 Å². The molecule has 0 aromatic heterocycles. The van der Waals surface area contributed by atoms with Crippen molar-refractivity contribution in [2.24, 2.45) is 0 Å². The molecule has 11 heavy (non-hydrogen) atoms. The number of hydrogen-bond acceptors (Lipinski definition) is 3. The molecule has 0 radical (unpaired) electrons. The summed E-state index contributed by atoms with van der Waals surface area (Å²) in [4.78, 5) is 21.3. The summed E-state index contributed by atoms with van der Waals surface area (Å²) < 4.78 is 0. The summed E-state index contributed by atoms with van der Waals surface area (Å²) in [5, 5.41) is 11.3. The summed E-state index contributed by atoms with van der Waals surface area (Å²) >= 11 is 0. The standard InChI is InChI=1S/C6H9N3O2/c7-3-1-2-4-5(10)9-6(11)8-4/h3-4,7H,1-2H2,(H2,8,9,10,11). The van der Waals surface area contributed by atoms with Gasteiger partial charge in [-0.15, -0.1) is 0 Å². The van der Waals surface area contributed by atoms with Crippen molar-refractivity contribution in [1.82, 2.24) is 10.6 Å². The molecule has 0 aromatic carbocycles. The molecule has 0 spiro atoms. The molecular weight excluding hydrogens is 146 g/mol. The van der Waals surface area contributed by atoms with Crippen molar-refractivity contribution in [2.75, 3.05) is 0 Å². The summed E-state index contributed by atoms with van der Waals surface area (Å²) in [5.41, 5.74) is 0. The lowest BCUT2D eigenvalue weighted by atomic mass is 10.2. The van der Waals surface area contributed by atoms with Crippen molar-refractivity contribution >= 4 is 18.2 Å². The number of carbonyl (C=O) groups excluding carboxylic acids is 2. The monoisotopic (exact) mass is 155 g/mol.